The lowest BCUT2D eigenvalue weighted by Crippen LogP contribution is -2.14. The van der Waals surface area contributed by atoms with Crippen molar-refractivity contribution < 1.29 is 8.83 Å². The number of para-hydroxylation sites is 3. The van der Waals surface area contributed by atoms with Crippen LogP contribution in [-0.2, 0) is 5.41 Å². The minimum absolute atomic E-state index is 0.127. The molecule has 0 aliphatic heterocycles. The molecule has 0 saturated carbocycles. The van der Waals surface area contributed by atoms with Gasteiger partial charge in [0.25, 0.3) is 0 Å². The number of furan rings is 2. The van der Waals surface area contributed by atoms with Crippen molar-refractivity contribution in [3.8, 4) is 51.0 Å². The number of fused-ring (bicyclic) bond motifs is 14. The fourth-order valence-electron chi connectivity index (χ4n) is 9.85. The van der Waals surface area contributed by atoms with Crippen molar-refractivity contribution >= 4 is 65.7 Å². The molecule has 1 aliphatic carbocycles. The van der Waals surface area contributed by atoms with Gasteiger partial charge >= 0.3 is 0 Å². The Morgan fingerprint density at radius 2 is 1.02 bits per heavy atom. The number of nitrogens with zero attached hydrogens (tertiary/aromatic N) is 4. The maximum atomic E-state index is 6.78. The van der Waals surface area contributed by atoms with Gasteiger partial charge in [0, 0.05) is 54.5 Å². The highest BCUT2D eigenvalue weighted by molar-refractivity contribution is 6.25. The molecule has 8 aromatic carbocycles. The smallest absolute Gasteiger partial charge is 0.167 e. The third-order valence-electron chi connectivity index (χ3n) is 12.7. The third-order valence-corrected chi connectivity index (χ3v) is 12.7. The van der Waals surface area contributed by atoms with Gasteiger partial charge in [-0.15, -0.1) is 0 Å². The molecule has 4 aromatic heterocycles. The minimum Gasteiger partial charge on any atom is -0.455 e. The second-order valence-electron chi connectivity index (χ2n) is 16.3. The second-order valence-corrected chi connectivity index (χ2v) is 16.3. The van der Waals surface area contributed by atoms with Crippen molar-refractivity contribution in [1.29, 1.82) is 0 Å². The van der Waals surface area contributed by atoms with Gasteiger partial charge in [-0.25, -0.2) is 15.0 Å². The summed E-state index contributed by atoms with van der Waals surface area (Å²) < 4.78 is 15.6. The number of rotatable bonds is 4. The average Bonchev–Trinajstić information content (AvgIpc) is 4.03. The van der Waals surface area contributed by atoms with Crippen LogP contribution in [0.1, 0.15) is 25.0 Å². The first-order valence-corrected chi connectivity index (χ1v) is 20.4. The summed E-state index contributed by atoms with van der Waals surface area (Å²) in [5, 5.41) is 6.70. The van der Waals surface area contributed by atoms with Gasteiger partial charge in [0.2, 0.25) is 0 Å². The highest BCUT2D eigenvalue weighted by atomic mass is 16.3. The van der Waals surface area contributed by atoms with Crippen LogP contribution in [0.3, 0.4) is 0 Å². The van der Waals surface area contributed by atoms with Crippen molar-refractivity contribution in [3.05, 3.63) is 181 Å². The topological polar surface area (TPSA) is 69.9 Å². The highest BCUT2D eigenvalue weighted by Gasteiger charge is 2.37. The van der Waals surface area contributed by atoms with Gasteiger partial charge in [-0.1, -0.05) is 129 Å². The Balaban J connectivity index is 1.04. The number of aromatic nitrogens is 4. The van der Waals surface area contributed by atoms with Crippen LogP contribution in [-0.4, -0.2) is 19.5 Å². The lowest BCUT2D eigenvalue weighted by molar-refractivity contribution is 0.661. The predicted molar refractivity (Wildman–Crippen MR) is 243 cm³/mol. The second kappa shape index (κ2) is 12.1. The van der Waals surface area contributed by atoms with E-state index < -0.39 is 0 Å². The molecule has 0 saturated heterocycles. The molecular formula is C54H34N4O2. The Morgan fingerprint density at radius 3 is 1.78 bits per heavy atom. The van der Waals surface area contributed by atoms with Crippen molar-refractivity contribution in [2.75, 3.05) is 0 Å². The molecule has 1 aliphatic rings. The van der Waals surface area contributed by atoms with Crippen molar-refractivity contribution in [1.82, 2.24) is 19.5 Å². The Morgan fingerprint density at radius 1 is 0.433 bits per heavy atom. The summed E-state index contributed by atoms with van der Waals surface area (Å²) in [5.41, 5.74) is 14.3. The SMILES string of the molecule is CC1(C)c2ccccc2-c2c1ccc1c2c2ccc3c4ccccc4oc3c2n1-c1ccc(-c2nc(-c3ccccc3)nc(-c3cccc4c3oc3ccccc34)n2)cc1. The molecule has 60 heavy (non-hydrogen) atoms. The highest BCUT2D eigenvalue weighted by Crippen LogP contribution is 2.54. The Hall–Kier alpha value is -7.83. The lowest BCUT2D eigenvalue weighted by Gasteiger charge is -2.21. The van der Waals surface area contributed by atoms with Crippen LogP contribution < -0.4 is 0 Å². The fraction of sp³-hybridized carbons (Fsp3) is 0.0556. The molecule has 0 bridgehead atoms. The van der Waals surface area contributed by atoms with Crippen LogP contribution in [0.25, 0.3) is 117 Å². The van der Waals surface area contributed by atoms with Crippen LogP contribution in [0.5, 0.6) is 0 Å². The van der Waals surface area contributed by atoms with Crippen molar-refractivity contribution in [3.63, 3.8) is 0 Å². The van der Waals surface area contributed by atoms with Crippen molar-refractivity contribution in [2.24, 2.45) is 0 Å². The van der Waals surface area contributed by atoms with E-state index in [9.17, 15) is 0 Å². The molecule has 0 atom stereocenters. The molecule has 0 N–H and O–H groups in total. The summed E-state index contributed by atoms with van der Waals surface area (Å²) in [6.45, 7) is 4.68. The molecule has 0 spiro atoms. The summed E-state index contributed by atoms with van der Waals surface area (Å²) in [7, 11) is 0. The quantitative estimate of drug-likeness (QED) is 0.178. The number of hydrogen-bond acceptors (Lipinski definition) is 5. The zero-order valence-corrected chi connectivity index (χ0v) is 32.8. The van der Waals surface area contributed by atoms with Crippen LogP contribution in [0.4, 0.5) is 0 Å². The van der Waals surface area contributed by atoms with E-state index in [0.717, 1.165) is 77.3 Å². The number of benzene rings is 8. The molecule has 6 nitrogen and oxygen atoms in total. The zero-order chi connectivity index (χ0) is 39.7. The average molecular weight is 771 g/mol. The zero-order valence-electron chi connectivity index (χ0n) is 32.8. The molecule has 12 aromatic rings. The Labute approximate surface area is 344 Å². The van der Waals surface area contributed by atoms with Crippen LogP contribution >= 0.6 is 0 Å². The normalized spacial score (nSPS) is 13.3. The summed E-state index contributed by atoms with van der Waals surface area (Å²) in [6.07, 6.45) is 0. The predicted octanol–water partition coefficient (Wildman–Crippen LogP) is 14.1. The van der Waals surface area contributed by atoms with E-state index in [4.69, 9.17) is 23.8 Å². The van der Waals surface area contributed by atoms with E-state index in [1.165, 1.54) is 33.0 Å². The Kier molecular flexibility index (Phi) is 6.69. The molecular weight excluding hydrogens is 737 g/mol. The Bertz CT molecular complexity index is 3740. The van der Waals surface area contributed by atoms with Gasteiger partial charge in [-0.05, 0) is 76.9 Å². The van der Waals surface area contributed by atoms with Gasteiger partial charge in [0.15, 0.2) is 23.1 Å². The molecule has 4 heterocycles. The third kappa shape index (κ3) is 4.56. The summed E-state index contributed by atoms with van der Waals surface area (Å²) >= 11 is 0. The van der Waals surface area contributed by atoms with Crippen LogP contribution in [0, 0.1) is 0 Å². The van der Waals surface area contributed by atoms with E-state index in [0.29, 0.717) is 17.5 Å². The van der Waals surface area contributed by atoms with Gasteiger partial charge in [-0.2, -0.15) is 0 Å². The molecule has 6 heteroatoms. The van der Waals surface area contributed by atoms with Gasteiger partial charge in [0.05, 0.1) is 16.6 Å². The van der Waals surface area contributed by atoms with Crippen molar-refractivity contribution in [2.45, 2.75) is 19.3 Å². The minimum atomic E-state index is -0.127. The monoisotopic (exact) mass is 770 g/mol. The van der Waals surface area contributed by atoms with Gasteiger partial charge in [-0.3, -0.25) is 0 Å². The largest absolute Gasteiger partial charge is 0.455 e. The fourth-order valence-corrected chi connectivity index (χ4v) is 9.85. The molecule has 0 fully saturated rings. The maximum Gasteiger partial charge on any atom is 0.167 e. The van der Waals surface area contributed by atoms with E-state index in [1.54, 1.807) is 0 Å². The number of hydrogen-bond donors (Lipinski definition) is 0. The molecule has 13 rings (SSSR count). The summed E-state index contributed by atoms with van der Waals surface area (Å²) in [6, 6.07) is 59.3. The van der Waals surface area contributed by atoms with Gasteiger partial charge < -0.3 is 13.4 Å². The van der Waals surface area contributed by atoms with Crippen LogP contribution in [0.2, 0.25) is 0 Å². The maximum absolute atomic E-state index is 6.78. The first kappa shape index (κ1) is 33.2. The standard InChI is InChI=1S/C54H34N4O2/c1-54(2)41-20-9-6-17-38(41)46-42(54)29-30-43-47(46)39-28-27-37-35-16-8-11-22-45(35)60-50(37)48(39)58(43)33-25-23-32(24-26-33)52-55-51(31-13-4-3-5-14-31)56-53(57-52)40-19-12-18-36-34-15-7-10-21-44(34)59-49(36)40/h3-30H,1-2H3. The molecule has 0 radical (unpaired) electrons. The molecule has 282 valence electrons. The lowest BCUT2D eigenvalue weighted by atomic mass is 9.82. The van der Waals surface area contributed by atoms with E-state index in [2.05, 4.69) is 122 Å². The first-order chi connectivity index (χ1) is 29.5. The van der Waals surface area contributed by atoms with Gasteiger partial charge in [0.1, 0.15) is 16.7 Å². The molecule has 0 amide bonds. The summed E-state index contributed by atoms with van der Waals surface area (Å²) in [4.78, 5) is 15.3. The van der Waals surface area contributed by atoms with E-state index in [1.807, 2.05) is 66.7 Å². The van der Waals surface area contributed by atoms with Crippen LogP contribution in [0.15, 0.2) is 179 Å². The molecule has 0 unspecified atom stereocenters. The van der Waals surface area contributed by atoms with E-state index in [-0.39, 0.29) is 5.41 Å². The van der Waals surface area contributed by atoms with E-state index >= 15 is 0 Å². The first-order valence-electron chi connectivity index (χ1n) is 20.4. The summed E-state index contributed by atoms with van der Waals surface area (Å²) in [5.74, 6) is 1.73.